The van der Waals surface area contributed by atoms with E-state index in [1.807, 2.05) is 6.07 Å². The highest BCUT2D eigenvalue weighted by Crippen LogP contribution is 2.37. The molecule has 0 saturated heterocycles. The van der Waals surface area contributed by atoms with Crippen molar-refractivity contribution in [1.82, 2.24) is 14.5 Å². The molecule has 4 rings (SSSR count). The van der Waals surface area contributed by atoms with E-state index in [0.29, 0.717) is 22.6 Å². The van der Waals surface area contributed by atoms with E-state index in [-0.39, 0.29) is 23.4 Å². The van der Waals surface area contributed by atoms with E-state index >= 15 is 0 Å². The number of rotatable bonds is 5. The SMILES string of the molecule is COC(=O)C1=C(C)N(Cc2cccnc2)C(=O)/C1=C\c1cc(C)n(-c2ccccc2C(F)(F)F)c1C. The number of allylic oxidation sites excluding steroid dienone is 1. The molecule has 9 heteroatoms. The summed E-state index contributed by atoms with van der Waals surface area (Å²) in [6, 6.07) is 10.6. The van der Waals surface area contributed by atoms with Crippen molar-refractivity contribution in [2.24, 2.45) is 0 Å². The van der Waals surface area contributed by atoms with Crippen LogP contribution in [-0.2, 0) is 27.0 Å². The largest absolute Gasteiger partial charge is 0.465 e. The third-order valence-electron chi connectivity index (χ3n) is 6.19. The number of nitrogens with zero attached hydrogens (tertiary/aromatic N) is 3. The normalized spacial score (nSPS) is 15.2. The number of benzene rings is 1. The molecule has 3 aromatic rings. The van der Waals surface area contributed by atoms with E-state index < -0.39 is 23.6 Å². The van der Waals surface area contributed by atoms with Gasteiger partial charge >= 0.3 is 12.1 Å². The molecule has 0 aliphatic carbocycles. The fraction of sp³-hybridized carbons (Fsp3) is 0.222. The fourth-order valence-corrected chi connectivity index (χ4v) is 4.46. The first-order chi connectivity index (χ1) is 17.0. The Morgan fingerprint density at radius 2 is 1.83 bits per heavy atom. The number of hydrogen-bond donors (Lipinski definition) is 0. The van der Waals surface area contributed by atoms with Gasteiger partial charge in [0.15, 0.2) is 0 Å². The van der Waals surface area contributed by atoms with Crippen LogP contribution in [0.15, 0.2) is 71.7 Å². The molecular weight excluding hydrogens is 471 g/mol. The van der Waals surface area contributed by atoms with Gasteiger partial charge in [-0.3, -0.25) is 9.78 Å². The van der Waals surface area contributed by atoms with Crippen molar-refractivity contribution in [3.8, 4) is 5.69 Å². The van der Waals surface area contributed by atoms with Gasteiger partial charge in [0.05, 0.1) is 36.1 Å². The maximum atomic E-state index is 13.7. The minimum absolute atomic E-state index is 0.0134. The topological polar surface area (TPSA) is 64.4 Å². The van der Waals surface area contributed by atoms with Gasteiger partial charge in [-0.25, -0.2) is 4.79 Å². The molecule has 0 N–H and O–H groups in total. The molecule has 1 aliphatic heterocycles. The lowest BCUT2D eigenvalue weighted by Gasteiger charge is -2.17. The van der Waals surface area contributed by atoms with Crippen LogP contribution in [0.1, 0.15) is 35.0 Å². The Hall–Kier alpha value is -4.14. The fourth-order valence-electron chi connectivity index (χ4n) is 4.46. The number of carbonyl (C=O) groups excluding carboxylic acids is 2. The lowest BCUT2D eigenvalue weighted by molar-refractivity contribution is -0.137. The smallest absolute Gasteiger partial charge is 0.418 e. The van der Waals surface area contributed by atoms with Crippen LogP contribution in [0.3, 0.4) is 0 Å². The third kappa shape index (κ3) is 4.44. The van der Waals surface area contributed by atoms with Gasteiger partial charge in [-0.1, -0.05) is 18.2 Å². The first-order valence-electron chi connectivity index (χ1n) is 11.1. The van der Waals surface area contributed by atoms with Crippen LogP contribution in [0.25, 0.3) is 11.8 Å². The van der Waals surface area contributed by atoms with Gasteiger partial charge in [0.2, 0.25) is 0 Å². The van der Waals surface area contributed by atoms with Gasteiger partial charge in [-0.05, 0) is 62.2 Å². The standard InChI is InChI=1S/C27H24F3N3O3/c1-16-12-20(17(2)33(16)23-10-6-5-9-22(23)27(28,29)30)13-21-24(26(35)36-4)18(3)32(25(21)34)15-19-8-7-11-31-14-19/h5-14H,15H2,1-4H3/b21-13-. The molecule has 3 heterocycles. The van der Waals surface area contributed by atoms with Crippen molar-refractivity contribution in [2.45, 2.75) is 33.5 Å². The molecule has 1 amide bonds. The van der Waals surface area contributed by atoms with Crippen molar-refractivity contribution < 1.29 is 27.5 Å². The minimum atomic E-state index is -4.54. The molecule has 0 fully saturated rings. The summed E-state index contributed by atoms with van der Waals surface area (Å²) in [6.07, 6.45) is 0.253. The second-order valence-corrected chi connectivity index (χ2v) is 8.44. The first kappa shape index (κ1) is 25.0. The average Bonchev–Trinajstić information content (AvgIpc) is 3.25. The van der Waals surface area contributed by atoms with Crippen LogP contribution in [0.4, 0.5) is 13.2 Å². The van der Waals surface area contributed by atoms with Crippen molar-refractivity contribution in [3.63, 3.8) is 0 Å². The molecule has 0 spiro atoms. The Morgan fingerprint density at radius 1 is 1.11 bits per heavy atom. The molecule has 0 saturated carbocycles. The Labute approximate surface area is 206 Å². The summed E-state index contributed by atoms with van der Waals surface area (Å²) in [4.78, 5) is 31.6. The van der Waals surface area contributed by atoms with Crippen LogP contribution in [-0.4, -0.2) is 33.4 Å². The number of ether oxygens (including phenoxy) is 1. The predicted octanol–water partition coefficient (Wildman–Crippen LogP) is 5.38. The summed E-state index contributed by atoms with van der Waals surface area (Å²) in [6.45, 7) is 5.22. The van der Waals surface area contributed by atoms with Gasteiger partial charge in [0, 0.05) is 29.5 Å². The number of pyridine rings is 1. The molecule has 0 radical (unpaired) electrons. The van der Waals surface area contributed by atoms with E-state index in [4.69, 9.17) is 4.74 Å². The highest BCUT2D eigenvalue weighted by atomic mass is 19.4. The molecule has 1 aliphatic rings. The lowest BCUT2D eigenvalue weighted by atomic mass is 10.0. The van der Waals surface area contributed by atoms with Gasteiger partial charge < -0.3 is 14.2 Å². The predicted molar refractivity (Wildman–Crippen MR) is 128 cm³/mol. The Balaban J connectivity index is 1.82. The number of halogens is 3. The number of carbonyl (C=O) groups is 2. The summed E-state index contributed by atoms with van der Waals surface area (Å²) < 4.78 is 47.5. The monoisotopic (exact) mass is 495 g/mol. The molecule has 0 unspecified atom stereocenters. The summed E-state index contributed by atoms with van der Waals surface area (Å²) in [7, 11) is 1.23. The second-order valence-electron chi connectivity index (χ2n) is 8.44. The van der Waals surface area contributed by atoms with Crippen LogP contribution in [0.5, 0.6) is 0 Å². The zero-order valence-corrected chi connectivity index (χ0v) is 20.2. The van der Waals surface area contributed by atoms with E-state index in [1.54, 1.807) is 51.4 Å². The average molecular weight is 496 g/mol. The van der Waals surface area contributed by atoms with Crippen LogP contribution in [0.2, 0.25) is 0 Å². The molecule has 2 aromatic heterocycles. The van der Waals surface area contributed by atoms with Gasteiger partial charge in [-0.15, -0.1) is 0 Å². The first-order valence-corrected chi connectivity index (χ1v) is 11.1. The number of methoxy groups -OCH3 is 1. The number of amides is 1. The zero-order valence-electron chi connectivity index (χ0n) is 20.2. The minimum Gasteiger partial charge on any atom is -0.465 e. The van der Waals surface area contributed by atoms with Crippen molar-refractivity contribution >= 4 is 18.0 Å². The highest BCUT2D eigenvalue weighted by Gasteiger charge is 2.38. The summed E-state index contributed by atoms with van der Waals surface area (Å²) >= 11 is 0. The maximum absolute atomic E-state index is 13.7. The number of para-hydroxylation sites is 1. The molecule has 186 valence electrons. The van der Waals surface area contributed by atoms with Crippen LogP contribution < -0.4 is 0 Å². The van der Waals surface area contributed by atoms with Crippen molar-refractivity contribution in [2.75, 3.05) is 7.11 Å². The van der Waals surface area contributed by atoms with Crippen LogP contribution in [0, 0.1) is 13.8 Å². The second kappa shape index (κ2) is 9.49. The molecule has 0 bridgehead atoms. The summed E-state index contributed by atoms with van der Waals surface area (Å²) in [5, 5.41) is 0. The maximum Gasteiger partial charge on any atom is 0.418 e. The summed E-state index contributed by atoms with van der Waals surface area (Å²) in [5.74, 6) is -1.07. The number of aryl methyl sites for hydroxylation is 1. The number of aromatic nitrogens is 2. The van der Waals surface area contributed by atoms with Crippen molar-refractivity contribution in [1.29, 1.82) is 0 Å². The van der Waals surface area contributed by atoms with Crippen LogP contribution >= 0.6 is 0 Å². The highest BCUT2D eigenvalue weighted by molar-refractivity contribution is 6.16. The van der Waals surface area contributed by atoms with Gasteiger partial charge in [-0.2, -0.15) is 13.2 Å². The summed E-state index contributed by atoms with van der Waals surface area (Å²) in [5.41, 5.74) is 2.23. The Kier molecular flexibility index (Phi) is 6.58. The van der Waals surface area contributed by atoms with E-state index in [2.05, 4.69) is 4.98 Å². The lowest BCUT2D eigenvalue weighted by Crippen LogP contribution is -2.24. The molecule has 6 nitrogen and oxygen atoms in total. The Morgan fingerprint density at radius 3 is 2.47 bits per heavy atom. The van der Waals surface area contributed by atoms with E-state index in [0.717, 1.165) is 11.6 Å². The molecule has 0 atom stereocenters. The van der Waals surface area contributed by atoms with Crippen molar-refractivity contribution in [3.05, 3.63) is 99.8 Å². The van der Waals surface area contributed by atoms with Gasteiger partial charge in [0.25, 0.3) is 5.91 Å². The molecule has 1 aromatic carbocycles. The molecule has 36 heavy (non-hydrogen) atoms. The van der Waals surface area contributed by atoms with E-state index in [1.165, 1.54) is 34.8 Å². The quantitative estimate of drug-likeness (QED) is 0.352. The third-order valence-corrected chi connectivity index (χ3v) is 6.19. The number of hydrogen-bond acceptors (Lipinski definition) is 4. The van der Waals surface area contributed by atoms with Gasteiger partial charge in [0.1, 0.15) is 0 Å². The van der Waals surface area contributed by atoms with E-state index in [9.17, 15) is 22.8 Å². The Bertz CT molecular complexity index is 1400. The zero-order chi connectivity index (χ0) is 26.2. The molecular formula is C27H24F3N3O3. The number of esters is 1. The number of alkyl halides is 3.